The van der Waals surface area contributed by atoms with Crippen LogP contribution in [-0.4, -0.2) is 9.97 Å². The summed E-state index contributed by atoms with van der Waals surface area (Å²) in [5, 5.41) is 2.11. The molecule has 0 spiro atoms. The summed E-state index contributed by atoms with van der Waals surface area (Å²) in [5.41, 5.74) is 3.54. The van der Waals surface area contributed by atoms with Gasteiger partial charge in [0, 0.05) is 31.5 Å². The smallest absolute Gasteiger partial charge is 0.288 e. The molecule has 0 unspecified atom stereocenters. The van der Waals surface area contributed by atoms with Crippen molar-refractivity contribution in [3.8, 4) is 22.8 Å². The van der Waals surface area contributed by atoms with Crippen molar-refractivity contribution in [1.29, 1.82) is 0 Å². The summed E-state index contributed by atoms with van der Waals surface area (Å²) in [6.45, 7) is 13.6. The molecule has 0 atom stereocenters. The number of thiophene rings is 1. The Morgan fingerprint density at radius 1 is 1.30 bits per heavy atom. The van der Waals surface area contributed by atoms with Crippen LogP contribution in [0, 0.1) is 13.5 Å². The highest BCUT2D eigenvalue weighted by Crippen LogP contribution is 2.54. The van der Waals surface area contributed by atoms with E-state index in [1.807, 2.05) is 43.9 Å². The molecule has 0 amide bonds. The summed E-state index contributed by atoms with van der Waals surface area (Å²) in [7, 11) is 2.00. The number of rotatable bonds is 1. The van der Waals surface area contributed by atoms with Gasteiger partial charge in [0.15, 0.2) is 11.4 Å². The van der Waals surface area contributed by atoms with Crippen LogP contribution in [-0.2, 0) is 12.6 Å². The fourth-order valence-electron chi connectivity index (χ4n) is 3.78. The Morgan fingerprint density at radius 3 is 2.89 bits per heavy atom. The zero-order valence-corrected chi connectivity index (χ0v) is 16.3. The van der Waals surface area contributed by atoms with Gasteiger partial charge >= 0.3 is 0 Å². The molecule has 0 saturated carbocycles. The van der Waals surface area contributed by atoms with Crippen LogP contribution in [0.5, 0.6) is 11.5 Å². The second-order valence-electron chi connectivity index (χ2n) is 7.36. The van der Waals surface area contributed by atoms with E-state index in [1.165, 1.54) is 0 Å². The molecule has 0 saturated heterocycles. The molecule has 6 heteroatoms. The lowest BCUT2D eigenvalue weighted by atomic mass is 9.94. The molecule has 1 aliphatic rings. The first-order valence-electron chi connectivity index (χ1n) is 8.69. The van der Waals surface area contributed by atoms with Crippen LogP contribution >= 0.6 is 11.3 Å². The summed E-state index contributed by atoms with van der Waals surface area (Å²) in [6, 6.07) is 6.05. The number of aryl methyl sites for hydroxylation is 2. The van der Waals surface area contributed by atoms with Crippen molar-refractivity contribution in [2.75, 3.05) is 0 Å². The fraction of sp³-hybridized carbons (Fsp3) is 0.238. The number of benzene rings is 1. The van der Waals surface area contributed by atoms with Crippen molar-refractivity contribution >= 4 is 32.5 Å². The van der Waals surface area contributed by atoms with Gasteiger partial charge in [-0.2, -0.15) is 0 Å². The average molecular weight is 373 g/mol. The van der Waals surface area contributed by atoms with Crippen LogP contribution in [0.3, 0.4) is 0 Å². The van der Waals surface area contributed by atoms with Gasteiger partial charge < -0.3 is 9.58 Å². The molecule has 1 aromatic carbocycles. The van der Waals surface area contributed by atoms with Crippen molar-refractivity contribution in [2.45, 2.75) is 26.3 Å². The first kappa shape index (κ1) is 16.2. The third-order valence-electron chi connectivity index (χ3n) is 5.20. The van der Waals surface area contributed by atoms with E-state index in [4.69, 9.17) is 11.3 Å². The molecule has 0 aliphatic carbocycles. The number of hydrogen-bond acceptors (Lipinski definition) is 4. The molecule has 0 radical (unpaired) electrons. The summed E-state index contributed by atoms with van der Waals surface area (Å²) >= 11 is 1.54. The standard InChI is InChI=1S/C21H17N4OS/c1-11-12-7-6-8-23-13(12)9-14-15(11)17-16-18(26-14)19(21(2,3)22-4)27-20(16)24-10-25(17)5/h6-10H,1-3,5H3/q+1. The molecule has 5 rings (SSSR count). The zero-order valence-electron chi connectivity index (χ0n) is 15.5. The van der Waals surface area contributed by atoms with Crippen LogP contribution in [0.1, 0.15) is 24.3 Å². The maximum absolute atomic E-state index is 7.63. The highest BCUT2D eigenvalue weighted by molar-refractivity contribution is 7.19. The largest absolute Gasteiger partial charge is 0.454 e. The molecule has 4 heterocycles. The maximum atomic E-state index is 7.63. The Labute approximate surface area is 160 Å². The average Bonchev–Trinajstić information content (AvgIpc) is 3.04. The summed E-state index contributed by atoms with van der Waals surface area (Å²) in [6.07, 6.45) is 3.64. The Morgan fingerprint density at radius 2 is 2.11 bits per heavy atom. The van der Waals surface area contributed by atoms with Gasteiger partial charge in [-0.3, -0.25) is 4.98 Å². The minimum atomic E-state index is -0.668. The highest BCUT2D eigenvalue weighted by atomic mass is 32.1. The van der Waals surface area contributed by atoms with Crippen molar-refractivity contribution in [3.63, 3.8) is 0 Å². The SMILES string of the molecule is [C-]#[N+]C(C)(C)c1sc2nc[n+](C)c3c2c1Oc1cc2ncccc2c(C)c1-3. The number of aromatic nitrogens is 3. The molecule has 132 valence electrons. The molecule has 4 aromatic rings. The predicted molar refractivity (Wildman–Crippen MR) is 106 cm³/mol. The molecular formula is C21H17N4OS+. The van der Waals surface area contributed by atoms with E-state index in [0.29, 0.717) is 0 Å². The number of ether oxygens (including phenoxy) is 1. The lowest BCUT2D eigenvalue weighted by molar-refractivity contribution is -0.662. The molecule has 5 nitrogen and oxygen atoms in total. The van der Waals surface area contributed by atoms with E-state index in [0.717, 1.165) is 54.3 Å². The maximum Gasteiger partial charge on any atom is 0.288 e. The van der Waals surface area contributed by atoms with Gasteiger partial charge in [-0.05, 0) is 23.5 Å². The predicted octanol–water partition coefficient (Wildman–Crippen LogP) is 4.90. The number of nitrogens with zero attached hydrogens (tertiary/aromatic N) is 4. The third kappa shape index (κ3) is 2.06. The lowest BCUT2D eigenvalue weighted by Gasteiger charge is -2.21. The first-order chi connectivity index (χ1) is 12.9. The van der Waals surface area contributed by atoms with E-state index in [1.54, 1.807) is 17.5 Å². The van der Waals surface area contributed by atoms with Crippen molar-refractivity contribution < 1.29 is 9.30 Å². The van der Waals surface area contributed by atoms with Gasteiger partial charge in [0.05, 0.1) is 18.1 Å². The van der Waals surface area contributed by atoms with Crippen molar-refractivity contribution in [2.24, 2.45) is 7.05 Å². The molecule has 0 fully saturated rings. The monoisotopic (exact) mass is 373 g/mol. The molecule has 1 aliphatic heterocycles. The molecule has 0 bridgehead atoms. The van der Waals surface area contributed by atoms with Gasteiger partial charge in [0.1, 0.15) is 16.0 Å². The molecule has 3 aromatic heterocycles. The van der Waals surface area contributed by atoms with Crippen LogP contribution in [0.2, 0.25) is 0 Å². The topological polar surface area (TPSA) is 43.2 Å². The minimum absolute atomic E-state index is 0.668. The Kier molecular flexibility index (Phi) is 3.14. The Hall–Kier alpha value is -3.04. The van der Waals surface area contributed by atoms with Crippen molar-refractivity contribution in [1.82, 2.24) is 9.97 Å². The van der Waals surface area contributed by atoms with Gasteiger partial charge in [-0.15, -0.1) is 0 Å². The lowest BCUT2D eigenvalue weighted by Crippen LogP contribution is -2.32. The van der Waals surface area contributed by atoms with Crippen molar-refractivity contribution in [3.05, 3.63) is 52.6 Å². The first-order valence-corrected chi connectivity index (χ1v) is 9.51. The highest BCUT2D eigenvalue weighted by Gasteiger charge is 2.40. The van der Waals surface area contributed by atoms with Crippen LogP contribution in [0.4, 0.5) is 0 Å². The van der Waals surface area contributed by atoms with Crippen LogP contribution in [0.25, 0.3) is 37.2 Å². The fourth-order valence-corrected chi connectivity index (χ4v) is 4.90. The normalized spacial score (nSPS) is 12.7. The van der Waals surface area contributed by atoms with Gasteiger partial charge in [0.25, 0.3) is 11.9 Å². The third-order valence-corrected chi connectivity index (χ3v) is 6.59. The van der Waals surface area contributed by atoms with E-state index in [9.17, 15) is 0 Å². The number of fused-ring (bicyclic) bond motifs is 3. The van der Waals surface area contributed by atoms with Crippen LogP contribution in [0.15, 0.2) is 30.7 Å². The van der Waals surface area contributed by atoms with E-state index < -0.39 is 5.54 Å². The van der Waals surface area contributed by atoms with E-state index in [2.05, 4.69) is 27.8 Å². The van der Waals surface area contributed by atoms with Gasteiger partial charge in [0.2, 0.25) is 4.83 Å². The van der Waals surface area contributed by atoms with E-state index in [-0.39, 0.29) is 0 Å². The number of pyridine rings is 1. The second-order valence-corrected chi connectivity index (χ2v) is 8.36. The molecule has 0 N–H and O–H groups in total. The summed E-state index contributed by atoms with van der Waals surface area (Å²) in [4.78, 5) is 14.8. The van der Waals surface area contributed by atoms with Gasteiger partial charge in [-0.25, -0.2) is 11.1 Å². The number of hydrogen-bond donors (Lipinski definition) is 0. The Bertz CT molecular complexity index is 1310. The van der Waals surface area contributed by atoms with Crippen LogP contribution < -0.4 is 9.30 Å². The molecule has 27 heavy (non-hydrogen) atoms. The van der Waals surface area contributed by atoms with E-state index >= 15 is 0 Å². The summed E-state index contributed by atoms with van der Waals surface area (Å²) in [5.74, 6) is 1.55. The zero-order chi connectivity index (χ0) is 18.9. The summed E-state index contributed by atoms with van der Waals surface area (Å²) < 4.78 is 8.47. The molecular weight excluding hydrogens is 356 g/mol. The Balaban J connectivity index is 1.96. The minimum Gasteiger partial charge on any atom is -0.454 e. The second kappa shape index (κ2) is 5.24. The quantitative estimate of drug-likeness (QED) is 0.310. The van der Waals surface area contributed by atoms with Gasteiger partial charge in [-0.1, -0.05) is 17.4 Å².